The highest BCUT2D eigenvalue weighted by Gasteiger charge is 2.03. The molecule has 1 heterocycles. The van der Waals surface area contributed by atoms with Crippen LogP contribution in [0.3, 0.4) is 0 Å². The Balaban J connectivity index is 1.70. The lowest BCUT2D eigenvalue weighted by Gasteiger charge is -2.07. The summed E-state index contributed by atoms with van der Waals surface area (Å²) in [6.45, 7) is 5.29. The molecule has 5 nitrogen and oxygen atoms in total. The number of benzene rings is 1. The third-order valence-electron chi connectivity index (χ3n) is 3.22. The molecule has 22 heavy (non-hydrogen) atoms. The molecule has 5 heteroatoms. The van der Waals surface area contributed by atoms with Gasteiger partial charge in [0.15, 0.2) is 0 Å². The van der Waals surface area contributed by atoms with Gasteiger partial charge >= 0.3 is 0 Å². The lowest BCUT2D eigenvalue weighted by molar-refractivity contribution is -0.116. The fraction of sp³-hybridized carbons (Fsp3) is 0.353. The van der Waals surface area contributed by atoms with E-state index in [1.165, 1.54) is 0 Å². The number of rotatable bonds is 7. The van der Waals surface area contributed by atoms with Crippen molar-refractivity contribution in [3.63, 3.8) is 0 Å². The summed E-state index contributed by atoms with van der Waals surface area (Å²) < 4.78 is 0. The maximum absolute atomic E-state index is 11.9. The van der Waals surface area contributed by atoms with Gasteiger partial charge in [-0.15, -0.1) is 0 Å². The molecule has 0 saturated heterocycles. The summed E-state index contributed by atoms with van der Waals surface area (Å²) in [7, 11) is 0. The van der Waals surface area contributed by atoms with Gasteiger partial charge in [0.25, 0.3) is 0 Å². The molecule has 2 aromatic rings. The highest BCUT2D eigenvalue weighted by Crippen LogP contribution is 2.09. The molecular formula is C17H22N4O. The highest BCUT2D eigenvalue weighted by atomic mass is 16.1. The van der Waals surface area contributed by atoms with Gasteiger partial charge < -0.3 is 10.6 Å². The van der Waals surface area contributed by atoms with Crippen LogP contribution >= 0.6 is 0 Å². The number of hydrogen-bond acceptors (Lipinski definition) is 4. The largest absolute Gasteiger partial charge is 0.326 e. The Labute approximate surface area is 131 Å². The molecule has 2 N–H and O–H groups in total. The molecule has 1 amide bonds. The van der Waals surface area contributed by atoms with Gasteiger partial charge in [-0.1, -0.05) is 19.1 Å². The van der Waals surface area contributed by atoms with Crippen molar-refractivity contribution >= 4 is 11.6 Å². The molecule has 0 aliphatic carbocycles. The zero-order valence-corrected chi connectivity index (χ0v) is 13.1. The summed E-state index contributed by atoms with van der Waals surface area (Å²) in [6, 6.07) is 9.68. The number of nitrogens with zero attached hydrogens (tertiary/aromatic N) is 2. The van der Waals surface area contributed by atoms with Crippen molar-refractivity contribution in [2.75, 3.05) is 11.9 Å². The molecule has 116 valence electrons. The van der Waals surface area contributed by atoms with E-state index in [1.807, 2.05) is 44.2 Å². The van der Waals surface area contributed by atoms with Crippen LogP contribution in [-0.2, 0) is 17.8 Å². The number of anilines is 1. The van der Waals surface area contributed by atoms with E-state index in [9.17, 15) is 4.79 Å². The molecule has 1 aromatic heterocycles. The van der Waals surface area contributed by atoms with Crippen LogP contribution in [0.4, 0.5) is 5.69 Å². The van der Waals surface area contributed by atoms with Gasteiger partial charge in [-0.3, -0.25) is 4.79 Å². The SMILES string of the molecule is CCc1nccc(CNCCC(=O)Nc2cccc(C)c2)n1. The minimum Gasteiger partial charge on any atom is -0.326 e. The zero-order chi connectivity index (χ0) is 15.8. The number of carbonyl (C=O) groups excluding carboxylic acids is 1. The monoisotopic (exact) mass is 298 g/mol. The number of nitrogens with one attached hydrogen (secondary N) is 2. The Bertz CT molecular complexity index is 628. The summed E-state index contributed by atoms with van der Waals surface area (Å²) in [5, 5.41) is 6.13. The van der Waals surface area contributed by atoms with Crippen LogP contribution in [0.1, 0.15) is 30.4 Å². The summed E-state index contributed by atoms with van der Waals surface area (Å²) in [5.41, 5.74) is 2.92. The fourth-order valence-electron chi connectivity index (χ4n) is 2.07. The van der Waals surface area contributed by atoms with Gasteiger partial charge in [0.2, 0.25) is 5.91 Å². The van der Waals surface area contributed by atoms with Crippen molar-refractivity contribution in [2.24, 2.45) is 0 Å². The van der Waals surface area contributed by atoms with E-state index in [0.717, 1.165) is 29.2 Å². The second-order valence-corrected chi connectivity index (χ2v) is 5.16. The maximum Gasteiger partial charge on any atom is 0.225 e. The van der Waals surface area contributed by atoms with E-state index in [4.69, 9.17) is 0 Å². The first-order chi connectivity index (χ1) is 10.7. The highest BCUT2D eigenvalue weighted by molar-refractivity contribution is 5.90. The molecule has 0 unspecified atom stereocenters. The van der Waals surface area contributed by atoms with E-state index in [-0.39, 0.29) is 5.91 Å². The second-order valence-electron chi connectivity index (χ2n) is 5.16. The van der Waals surface area contributed by atoms with E-state index < -0.39 is 0 Å². The maximum atomic E-state index is 11.9. The lowest BCUT2D eigenvalue weighted by Crippen LogP contribution is -2.22. The van der Waals surface area contributed by atoms with E-state index >= 15 is 0 Å². The first-order valence-electron chi connectivity index (χ1n) is 7.55. The molecule has 0 atom stereocenters. The molecule has 0 radical (unpaired) electrons. The van der Waals surface area contributed by atoms with Gasteiger partial charge in [-0.2, -0.15) is 0 Å². The first-order valence-corrected chi connectivity index (χ1v) is 7.55. The third kappa shape index (κ3) is 5.26. The number of aromatic nitrogens is 2. The summed E-state index contributed by atoms with van der Waals surface area (Å²) >= 11 is 0. The Morgan fingerprint density at radius 3 is 2.91 bits per heavy atom. The average Bonchev–Trinajstić information content (AvgIpc) is 2.52. The minimum absolute atomic E-state index is 0.00929. The molecular weight excluding hydrogens is 276 g/mol. The molecule has 0 fully saturated rings. The van der Waals surface area contributed by atoms with Gasteiger partial charge in [0.1, 0.15) is 5.82 Å². The third-order valence-corrected chi connectivity index (χ3v) is 3.22. The second kappa shape index (κ2) is 8.24. The smallest absolute Gasteiger partial charge is 0.225 e. The van der Waals surface area contributed by atoms with Crippen molar-refractivity contribution in [3.8, 4) is 0 Å². The molecule has 0 aliphatic rings. The van der Waals surface area contributed by atoms with Crippen molar-refractivity contribution in [2.45, 2.75) is 33.2 Å². The minimum atomic E-state index is 0.00929. The Kier molecular flexibility index (Phi) is 6.03. The predicted molar refractivity (Wildman–Crippen MR) is 87.5 cm³/mol. The number of carbonyl (C=O) groups is 1. The Hall–Kier alpha value is -2.27. The topological polar surface area (TPSA) is 66.9 Å². The summed E-state index contributed by atoms with van der Waals surface area (Å²) in [4.78, 5) is 20.4. The van der Waals surface area contributed by atoms with Gasteiger partial charge in [0, 0.05) is 37.8 Å². The van der Waals surface area contributed by atoms with Crippen LogP contribution in [0.2, 0.25) is 0 Å². The van der Waals surface area contributed by atoms with Crippen LogP contribution in [0.15, 0.2) is 36.5 Å². The lowest BCUT2D eigenvalue weighted by atomic mass is 10.2. The summed E-state index contributed by atoms with van der Waals surface area (Å²) in [5.74, 6) is 0.853. The molecule has 0 spiro atoms. The predicted octanol–water partition coefficient (Wildman–Crippen LogP) is 2.47. The van der Waals surface area contributed by atoms with Gasteiger partial charge in [-0.05, 0) is 30.7 Å². The number of hydrogen-bond donors (Lipinski definition) is 2. The fourth-order valence-corrected chi connectivity index (χ4v) is 2.07. The van der Waals surface area contributed by atoms with Crippen molar-refractivity contribution in [1.29, 1.82) is 0 Å². The molecule has 2 rings (SSSR count). The molecule has 0 saturated carbocycles. The first kappa shape index (κ1) is 16.1. The average molecular weight is 298 g/mol. The van der Waals surface area contributed by atoms with Crippen LogP contribution in [0, 0.1) is 6.92 Å². The molecule has 0 aliphatic heterocycles. The van der Waals surface area contributed by atoms with Gasteiger partial charge in [-0.25, -0.2) is 9.97 Å². The standard InChI is InChI=1S/C17H22N4O/c1-3-16-19-10-7-15(20-16)12-18-9-8-17(22)21-14-6-4-5-13(2)11-14/h4-7,10-11,18H,3,8-9,12H2,1-2H3,(H,21,22). The normalized spacial score (nSPS) is 10.5. The van der Waals surface area contributed by atoms with E-state index in [1.54, 1.807) is 6.20 Å². The molecule has 1 aromatic carbocycles. The number of amides is 1. The Morgan fingerprint density at radius 1 is 1.27 bits per heavy atom. The van der Waals surface area contributed by atoms with Gasteiger partial charge in [0.05, 0.1) is 5.69 Å². The van der Waals surface area contributed by atoms with Crippen LogP contribution < -0.4 is 10.6 Å². The van der Waals surface area contributed by atoms with Crippen LogP contribution in [-0.4, -0.2) is 22.4 Å². The van der Waals surface area contributed by atoms with Crippen LogP contribution in [0.25, 0.3) is 0 Å². The number of aryl methyl sites for hydroxylation is 2. The summed E-state index contributed by atoms with van der Waals surface area (Å²) in [6.07, 6.45) is 3.03. The van der Waals surface area contributed by atoms with Crippen molar-refractivity contribution in [3.05, 3.63) is 53.6 Å². The zero-order valence-electron chi connectivity index (χ0n) is 13.1. The van der Waals surface area contributed by atoms with E-state index in [0.29, 0.717) is 19.5 Å². The Morgan fingerprint density at radius 2 is 2.14 bits per heavy atom. The molecule has 0 bridgehead atoms. The van der Waals surface area contributed by atoms with E-state index in [2.05, 4.69) is 20.6 Å². The van der Waals surface area contributed by atoms with Crippen molar-refractivity contribution in [1.82, 2.24) is 15.3 Å². The van der Waals surface area contributed by atoms with Crippen molar-refractivity contribution < 1.29 is 4.79 Å². The quantitative estimate of drug-likeness (QED) is 0.771. The van der Waals surface area contributed by atoms with Crippen LogP contribution in [0.5, 0.6) is 0 Å².